The van der Waals surface area contributed by atoms with Crippen molar-refractivity contribution in [3.05, 3.63) is 0 Å². The van der Waals surface area contributed by atoms with Crippen molar-refractivity contribution in [3.63, 3.8) is 0 Å². The monoisotopic (exact) mass is 468 g/mol. The summed E-state index contributed by atoms with van der Waals surface area (Å²) in [5.74, 6) is -14.9. The van der Waals surface area contributed by atoms with Gasteiger partial charge in [-0.1, -0.05) is 0 Å². The van der Waals surface area contributed by atoms with Crippen LogP contribution < -0.4 is 0 Å². The van der Waals surface area contributed by atoms with Crippen LogP contribution in [-0.2, 0) is 43.1 Å². The average Bonchev–Trinajstić information content (AvgIpc) is 2.51. The van der Waals surface area contributed by atoms with Crippen LogP contribution in [0.4, 0.5) is 0 Å². The molecule has 0 bridgehead atoms. The number of hydrogen-bond acceptors (Lipinski definition) is 11. The minimum atomic E-state index is -3.15. The highest BCUT2D eigenvalue weighted by Crippen LogP contribution is 2.24. The average molecular weight is 468 g/mol. The molecule has 3 unspecified atom stereocenters. The van der Waals surface area contributed by atoms with E-state index in [0.717, 1.165) is 13.8 Å². The normalized spacial score (nSPS) is 14.8. The third-order valence-electron chi connectivity index (χ3n) is 3.46. The van der Waals surface area contributed by atoms with E-state index in [9.17, 15) is 48.6 Å². The maximum absolute atomic E-state index is 10.9. The van der Waals surface area contributed by atoms with Crippen molar-refractivity contribution in [2.24, 2.45) is 5.92 Å². The van der Waals surface area contributed by atoms with Crippen molar-refractivity contribution >= 4 is 47.6 Å². The van der Waals surface area contributed by atoms with E-state index in [4.69, 9.17) is 25.5 Å². The lowest BCUT2D eigenvalue weighted by molar-refractivity contribution is -0.180. The summed E-state index contributed by atoms with van der Waals surface area (Å²) in [5.41, 5.74) is -5.93. The van der Waals surface area contributed by atoms with Crippen LogP contribution in [0.2, 0.25) is 0 Å². The molecular formula is C16H20O16. The zero-order valence-electron chi connectivity index (χ0n) is 16.5. The summed E-state index contributed by atoms with van der Waals surface area (Å²) in [4.78, 5) is 84.7. The van der Waals surface area contributed by atoms with E-state index in [1.54, 1.807) is 0 Å². The highest BCUT2D eigenvalue weighted by molar-refractivity contribution is 6.04. The van der Waals surface area contributed by atoms with E-state index in [2.05, 4.69) is 4.74 Å². The van der Waals surface area contributed by atoms with Gasteiger partial charge in [0.25, 0.3) is 0 Å². The summed E-state index contributed by atoms with van der Waals surface area (Å²) in [6.07, 6.45) is -3.66. The molecule has 16 nitrogen and oxygen atoms in total. The second-order valence-corrected chi connectivity index (χ2v) is 6.23. The Kier molecular flexibility index (Phi) is 11.4. The Labute approximate surface area is 177 Å². The third kappa shape index (κ3) is 9.72. The van der Waals surface area contributed by atoms with Crippen molar-refractivity contribution in [2.75, 3.05) is 0 Å². The van der Waals surface area contributed by atoms with Crippen LogP contribution in [0.3, 0.4) is 0 Å². The molecular weight excluding hydrogens is 448 g/mol. The lowest BCUT2D eigenvalue weighted by Gasteiger charge is -2.26. The van der Waals surface area contributed by atoms with Crippen LogP contribution in [-0.4, -0.2) is 94.5 Å². The topological polar surface area (TPSA) is 287 Å². The lowest BCUT2D eigenvalue weighted by Crippen LogP contribution is -2.53. The number of ether oxygens (including phenoxy) is 1. The molecule has 16 heteroatoms. The molecule has 0 rings (SSSR count). The molecule has 0 radical (unpaired) electrons. The van der Waals surface area contributed by atoms with E-state index in [1.807, 2.05) is 0 Å². The summed E-state index contributed by atoms with van der Waals surface area (Å²) >= 11 is 0. The van der Waals surface area contributed by atoms with Crippen LogP contribution in [0.5, 0.6) is 0 Å². The number of carboxylic acid groups (broad SMARTS) is 5. The van der Waals surface area contributed by atoms with Gasteiger partial charge in [-0.2, -0.15) is 0 Å². The lowest BCUT2D eigenvalue weighted by atomic mass is 9.82. The minimum Gasteiger partial charge on any atom is -0.481 e. The predicted octanol–water partition coefficient (Wildman–Crippen LogP) is -2.68. The molecule has 0 aliphatic carbocycles. The Morgan fingerprint density at radius 3 is 1.41 bits per heavy atom. The Balaban J connectivity index is 0. The molecule has 0 amide bonds. The highest BCUT2D eigenvalue weighted by atomic mass is 16.6. The maximum atomic E-state index is 10.9. The summed E-state index contributed by atoms with van der Waals surface area (Å²) < 4.78 is 3.98. The molecule has 0 fully saturated rings. The molecule has 0 aromatic carbocycles. The number of carbonyl (C=O) groups excluding carboxylic acids is 3. The standard InChI is InChI=1S/2C8H10O8/c1-4(9)16-6(12)3-8(15,7(13)14)2-5(10)11;1-3(9)5(6(12)13)8(16,7(14)15)2-4(10)11/h15H,2-3H2,1H3,(H,10,11)(H,13,14);5,16H,2H2,1H3,(H,10,11)(H,12,13)(H,14,15). The van der Waals surface area contributed by atoms with Crippen molar-refractivity contribution < 1.29 is 78.8 Å². The first-order chi connectivity index (χ1) is 14.3. The second-order valence-electron chi connectivity index (χ2n) is 6.23. The largest absolute Gasteiger partial charge is 0.481 e. The number of aliphatic hydroxyl groups is 2. The van der Waals surface area contributed by atoms with Gasteiger partial charge in [-0.25, -0.2) is 9.59 Å². The molecule has 0 aromatic heterocycles. The van der Waals surface area contributed by atoms with E-state index in [-0.39, 0.29) is 0 Å². The number of carboxylic acids is 5. The SMILES string of the molecule is CC(=O)C(C(=O)O)C(O)(CC(=O)O)C(=O)O.CC(=O)OC(=O)CC(O)(CC(=O)O)C(=O)O. The predicted molar refractivity (Wildman–Crippen MR) is 92.9 cm³/mol. The van der Waals surface area contributed by atoms with Crippen LogP contribution >= 0.6 is 0 Å². The van der Waals surface area contributed by atoms with Gasteiger partial charge in [0.05, 0.1) is 19.3 Å². The second kappa shape index (κ2) is 12.1. The number of rotatable bonds is 11. The van der Waals surface area contributed by atoms with Gasteiger partial charge in [-0.3, -0.25) is 28.8 Å². The van der Waals surface area contributed by atoms with Crippen LogP contribution in [0.15, 0.2) is 0 Å². The van der Waals surface area contributed by atoms with E-state index < -0.39 is 84.0 Å². The van der Waals surface area contributed by atoms with Crippen molar-refractivity contribution in [1.29, 1.82) is 0 Å². The fraction of sp³-hybridized carbons (Fsp3) is 0.500. The van der Waals surface area contributed by atoms with Crippen LogP contribution in [0.25, 0.3) is 0 Å². The van der Waals surface area contributed by atoms with Crippen LogP contribution in [0, 0.1) is 5.92 Å². The zero-order chi connectivity index (χ0) is 26.0. The molecule has 7 N–H and O–H groups in total. The number of ketones is 1. The summed E-state index contributed by atoms with van der Waals surface area (Å²) in [6, 6.07) is 0. The van der Waals surface area contributed by atoms with Gasteiger partial charge in [-0.05, 0) is 6.92 Å². The number of aliphatic carboxylic acids is 5. The Hall–Kier alpha value is -3.92. The first kappa shape index (κ1) is 30.3. The summed E-state index contributed by atoms with van der Waals surface area (Å²) in [7, 11) is 0. The molecule has 0 saturated carbocycles. The zero-order valence-corrected chi connectivity index (χ0v) is 16.5. The molecule has 0 aliphatic rings. The van der Waals surface area contributed by atoms with Crippen molar-refractivity contribution in [2.45, 2.75) is 44.3 Å². The van der Waals surface area contributed by atoms with Crippen molar-refractivity contribution in [3.8, 4) is 0 Å². The Bertz CT molecular complexity index is 796. The first-order valence-corrected chi connectivity index (χ1v) is 8.09. The summed E-state index contributed by atoms with van der Waals surface area (Å²) in [6.45, 7) is 1.67. The van der Waals surface area contributed by atoms with Gasteiger partial charge >= 0.3 is 41.8 Å². The van der Waals surface area contributed by atoms with Gasteiger partial charge in [0.1, 0.15) is 5.78 Å². The molecule has 180 valence electrons. The molecule has 0 aliphatic heterocycles. The fourth-order valence-electron chi connectivity index (χ4n) is 2.15. The molecule has 0 saturated heterocycles. The smallest absolute Gasteiger partial charge is 0.337 e. The van der Waals surface area contributed by atoms with Crippen molar-refractivity contribution in [1.82, 2.24) is 0 Å². The van der Waals surface area contributed by atoms with Gasteiger partial charge in [0.15, 0.2) is 17.1 Å². The quantitative estimate of drug-likeness (QED) is 0.120. The highest BCUT2D eigenvalue weighted by Gasteiger charge is 2.52. The van der Waals surface area contributed by atoms with E-state index in [1.165, 1.54) is 0 Å². The molecule has 0 spiro atoms. The van der Waals surface area contributed by atoms with Gasteiger partial charge < -0.3 is 40.5 Å². The van der Waals surface area contributed by atoms with E-state index >= 15 is 0 Å². The Morgan fingerprint density at radius 1 is 0.719 bits per heavy atom. The molecule has 0 aromatic rings. The number of hydrogen-bond donors (Lipinski definition) is 7. The molecule has 3 atom stereocenters. The van der Waals surface area contributed by atoms with Gasteiger partial charge in [0.2, 0.25) is 0 Å². The first-order valence-electron chi connectivity index (χ1n) is 8.09. The summed E-state index contributed by atoms with van der Waals surface area (Å²) in [5, 5.41) is 61.3. The molecule has 0 heterocycles. The number of esters is 2. The third-order valence-corrected chi connectivity index (χ3v) is 3.46. The molecule has 32 heavy (non-hydrogen) atoms. The fourth-order valence-corrected chi connectivity index (χ4v) is 2.15. The maximum Gasteiger partial charge on any atom is 0.337 e. The minimum absolute atomic E-state index is 0.758. The number of carbonyl (C=O) groups is 8. The van der Waals surface area contributed by atoms with Gasteiger partial charge in [0, 0.05) is 6.92 Å². The number of Topliss-reactive ketones (excluding diaryl/α,β-unsaturated/α-hetero) is 1. The van der Waals surface area contributed by atoms with E-state index in [0.29, 0.717) is 0 Å². The van der Waals surface area contributed by atoms with Gasteiger partial charge in [-0.15, -0.1) is 0 Å². The Morgan fingerprint density at radius 2 is 1.16 bits per heavy atom. The van der Waals surface area contributed by atoms with Crippen LogP contribution in [0.1, 0.15) is 33.1 Å².